The highest BCUT2D eigenvalue weighted by molar-refractivity contribution is 5.71. The van der Waals surface area contributed by atoms with Gasteiger partial charge in [-0.25, -0.2) is 0 Å². The molecule has 0 radical (unpaired) electrons. The van der Waals surface area contributed by atoms with E-state index in [0.29, 0.717) is 19.3 Å². The minimum atomic E-state index is -0.758. The lowest BCUT2D eigenvalue weighted by Gasteiger charge is -2.18. The van der Waals surface area contributed by atoms with Gasteiger partial charge in [-0.1, -0.05) is 245 Å². The SMILES string of the molecule is CCCCCCCCCCCCCCCCCCCCC(=O)OCC(COC(=O)CCCCCCCCCCCC)OC(=O)CCCCCCCCCCCC. The van der Waals surface area contributed by atoms with E-state index in [9.17, 15) is 14.4 Å². The van der Waals surface area contributed by atoms with Gasteiger partial charge in [0, 0.05) is 19.3 Å². The molecular formula is C50H96O6. The third-order valence-electron chi connectivity index (χ3n) is 11.4. The normalized spacial score (nSPS) is 11.8. The number of rotatable bonds is 46. The third-order valence-corrected chi connectivity index (χ3v) is 11.4. The second kappa shape index (κ2) is 46.1. The van der Waals surface area contributed by atoms with Gasteiger partial charge in [-0.05, 0) is 19.3 Å². The van der Waals surface area contributed by atoms with Crippen LogP contribution in [0.3, 0.4) is 0 Å². The predicted octanol–water partition coefficient (Wildman–Crippen LogP) is 16.0. The Balaban J connectivity index is 4.21. The fourth-order valence-electron chi connectivity index (χ4n) is 7.56. The molecule has 56 heavy (non-hydrogen) atoms. The van der Waals surface area contributed by atoms with Crippen LogP contribution in [0.5, 0.6) is 0 Å². The summed E-state index contributed by atoms with van der Waals surface area (Å²) in [4.78, 5) is 37.8. The maximum atomic E-state index is 12.7. The van der Waals surface area contributed by atoms with E-state index >= 15 is 0 Å². The zero-order valence-corrected chi connectivity index (χ0v) is 37.9. The van der Waals surface area contributed by atoms with Gasteiger partial charge in [0.2, 0.25) is 0 Å². The Bertz CT molecular complexity index is 828. The summed E-state index contributed by atoms with van der Waals surface area (Å²) in [5, 5.41) is 0. The highest BCUT2D eigenvalue weighted by atomic mass is 16.6. The molecule has 6 heteroatoms. The van der Waals surface area contributed by atoms with Gasteiger partial charge in [0.25, 0.3) is 0 Å². The highest BCUT2D eigenvalue weighted by Gasteiger charge is 2.19. The van der Waals surface area contributed by atoms with E-state index in [1.807, 2.05) is 0 Å². The molecule has 0 aliphatic heterocycles. The molecular weight excluding hydrogens is 697 g/mol. The monoisotopic (exact) mass is 793 g/mol. The van der Waals surface area contributed by atoms with Gasteiger partial charge in [0.1, 0.15) is 13.2 Å². The Morgan fingerprint density at radius 2 is 0.482 bits per heavy atom. The van der Waals surface area contributed by atoms with Gasteiger partial charge >= 0.3 is 17.9 Å². The molecule has 0 saturated carbocycles. The lowest BCUT2D eigenvalue weighted by molar-refractivity contribution is -0.167. The fourth-order valence-corrected chi connectivity index (χ4v) is 7.56. The molecule has 0 heterocycles. The molecule has 0 bridgehead atoms. The summed E-state index contributed by atoms with van der Waals surface area (Å²) in [6.45, 7) is 6.65. The van der Waals surface area contributed by atoms with Crippen LogP contribution in [-0.4, -0.2) is 37.2 Å². The van der Waals surface area contributed by atoms with Gasteiger partial charge in [-0.3, -0.25) is 14.4 Å². The molecule has 0 N–H and O–H groups in total. The number of hydrogen-bond acceptors (Lipinski definition) is 6. The lowest BCUT2D eigenvalue weighted by atomic mass is 10.0. The maximum absolute atomic E-state index is 12.7. The first-order valence-electron chi connectivity index (χ1n) is 25.0. The average Bonchev–Trinajstić information content (AvgIpc) is 3.19. The smallest absolute Gasteiger partial charge is 0.306 e. The molecule has 0 saturated heterocycles. The van der Waals surface area contributed by atoms with E-state index in [0.717, 1.165) is 57.8 Å². The number of unbranched alkanes of at least 4 members (excludes halogenated alkanes) is 35. The summed E-state index contributed by atoms with van der Waals surface area (Å²) >= 11 is 0. The van der Waals surface area contributed by atoms with Gasteiger partial charge in [-0.2, -0.15) is 0 Å². The van der Waals surface area contributed by atoms with Crippen molar-refractivity contribution in [3.05, 3.63) is 0 Å². The van der Waals surface area contributed by atoms with Crippen LogP contribution < -0.4 is 0 Å². The fraction of sp³-hybridized carbons (Fsp3) is 0.940. The Kier molecular flexibility index (Phi) is 44.8. The first-order valence-corrected chi connectivity index (χ1v) is 25.0. The topological polar surface area (TPSA) is 78.9 Å². The van der Waals surface area contributed by atoms with Crippen LogP contribution in [0.15, 0.2) is 0 Å². The van der Waals surface area contributed by atoms with Gasteiger partial charge in [-0.15, -0.1) is 0 Å². The van der Waals surface area contributed by atoms with E-state index in [1.54, 1.807) is 0 Å². The molecule has 0 aliphatic rings. The zero-order chi connectivity index (χ0) is 40.8. The Hall–Kier alpha value is -1.59. The first-order chi connectivity index (χ1) is 27.5. The summed E-state index contributed by atoms with van der Waals surface area (Å²) in [6, 6.07) is 0. The predicted molar refractivity (Wildman–Crippen MR) is 238 cm³/mol. The van der Waals surface area contributed by atoms with Crippen molar-refractivity contribution in [2.75, 3.05) is 13.2 Å². The Labute approximate surface area is 348 Å². The largest absolute Gasteiger partial charge is 0.462 e. The molecule has 0 aliphatic carbocycles. The summed E-state index contributed by atoms with van der Waals surface area (Å²) in [7, 11) is 0. The van der Waals surface area contributed by atoms with E-state index in [4.69, 9.17) is 14.2 Å². The minimum absolute atomic E-state index is 0.0623. The standard InChI is InChI=1S/C50H96O6/c1-4-7-10-13-16-19-22-23-24-25-26-27-28-29-32-34-37-40-43-49(52)55-46-47(56-50(53)44-41-38-35-31-21-18-15-12-9-6-3)45-54-48(51)42-39-36-33-30-20-17-14-11-8-5-2/h47H,4-46H2,1-3H3. The van der Waals surface area contributed by atoms with Crippen LogP contribution in [0.2, 0.25) is 0 Å². The van der Waals surface area contributed by atoms with Crippen LogP contribution in [-0.2, 0) is 28.6 Å². The van der Waals surface area contributed by atoms with Crippen molar-refractivity contribution >= 4 is 17.9 Å². The molecule has 0 rings (SSSR count). The average molecular weight is 793 g/mol. The number of carbonyl (C=O) groups excluding carboxylic acids is 3. The Morgan fingerprint density at radius 3 is 0.714 bits per heavy atom. The molecule has 332 valence electrons. The zero-order valence-electron chi connectivity index (χ0n) is 37.9. The second-order valence-corrected chi connectivity index (χ2v) is 17.1. The van der Waals surface area contributed by atoms with Crippen molar-refractivity contribution in [3.8, 4) is 0 Å². The number of hydrogen-bond donors (Lipinski definition) is 0. The van der Waals surface area contributed by atoms with Crippen LogP contribution in [0.1, 0.15) is 284 Å². The molecule has 0 aromatic carbocycles. The van der Waals surface area contributed by atoms with E-state index in [1.165, 1.54) is 186 Å². The molecule has 0 aromatic rings. The van der Waals surface area contributed by atoms with Crippen LogP contribution in [0.4, 0.5) is 0 Å². The Morgan fingerprint density at radius 1 is 0.286 bits per heavy atom. The van der Waals surface area contributed by atoms with E-state index < -0.39 is 6.10 Å². The first kappa shape index (κ1) is 54.4. The maximum Gasteiger partial charge on any atom is 0.306 e. The van der Waals surface area contributed by atoms with E-state index in [-0.39, 0.29) is 31.1 Å². The molecule has 0 aromatic heterocycles. The molecule has 6 nitrogen and oxygen atoms in total. The number of esters is 3. The van der Waals surface area contributed by atoms with Crippen LogP contribution in [0, 0.1) is 0 Å². The van der Waals surface area contributed by atoms with Crippen molar-refractivity contribution in [1.82, 2.24) is 0 Å². The number of ether oxygens (including phenoxy) is 3. The molecule has 0 amide bonds. The second-order valence-electron chi connectivity index (χ2n) is 17.1. The summed E-state index contributed by atoms with van der Waals surface area (Å²) in [5.41, 5.74) is 0. The summed E-state index contributed by atoms with van der Waals surface area (Å²) < 4.78 is 16.7. The molecule has 0 fully saturated rings. The van der Waals surface area contributed by atoms with Crippen molar-refractivity contribution < 1.29 is 28.6 Å². The van der Waals surface area contributed by atoms with Crippen LogP contribution in [0.25, 0.3) is 0 Å². The quantitative estimate of drug-likeness (QED) is 0.0347. The third kappa shape index (κ3) is 43.5. The minimum Gasteiger partial charge on any atom is -0.462 e. The van der Waals surface area contributed by atoms with E-state index in [2.05, 4.69) is 20.8 Å². The number of carbonyl (C=O) groups is 3. The van der Waals surface area contributed by atoms with Crippen LogP contribution >= 0.6 is 0 Å². The summed E-state index contributed by atoms with van der Waals surface area (Å²) in [5.74, 6) is -0.848. The molecule has 1 atom stereocenters. The van der Waals surface area contributed by atoms with Gasteiger partial charge < -0.3 is 14.2 Å². The summed E-state index contributed by atoms with van der Waals surface area (Å²) in [6.07, 6.45) is 48.0. The molecule has 0 spiro atoms. The van der Waals surface area contributed by atoms with Crippen molar-refractivity contribution in [2.45, 2.75) is 290 Å². The van der Waals surface area contributed by atoms with Gasteiger partial charge in [0.05, 0.1) is 0 Å². The van der Waals surface area contributed by atoms with Gasteiger partial charge in [0.15, 0.2) is 6.10 Å². The van der Waals surface area contributed by atoms with Crippen molar-refractivity contribution in [3.63, 3.8) is 0 Å². The molecule has 1 unspecified atom stereocenters. The highest BCUT2D eigenvalue weighted by Crippen LogP contribution is 2.16. The van der Waals surface area contributed by atoms with Crippen molar-refractivity contribution in [2.24, 2.45) is 0 Å². The van der Waals surface area contributed by atoms with Crippen molar-refractivity contribution in [1.29, 1.82) is 0 Å². The lowest BCUT2D eigenvalue weighted by Crippen LogP contribution is -2.30.